The normalized spacial score (nSPS) is 15.0. The van der Waals surface area contributed by atoms with Crippen LogP contribution >= 0.6 is 0 Å². The number of hydrogen-bond acceptors (Lipinski definition) is 2. The van der Waals surface area contributed by atoms with Gasteiger partial charge in [-0.1, -0.05) is 32.0 Å². The van der Waals surface area contributed by atoms with E-state index in [1.54, 1.807) is 0 Å². The van der Waals surface area contributed by atoms with Crippen LogP contribution in [0.4, 0.5) is 0 Å². The summed E-state index contributed by atoms with van der Waals surface area (Å²) in [6.07, 6.45) is 0. The minimum atomic E-state index is -0.801. The maximum absolute atomic E-state index is 10.5. The average molecular weight is 235 g/mol. The number of aryl methyl sites for hydroxylation is 1. The van der Waals surface area contributed by atoms with Crippen molar-refractivity contribution in [2.75, 3.05) is 13.1 Å². The van der Waals surface area contributed by atoms with Crippen molar-refractivity contribution in [1.82, 2.24) is 5.32 Å². The summed E-state index contributed by atoms with van der Waals surface area (Å²) in [5.74, 6) is 0.601. The van der Waals surface area contributed by atoms with E-state index in [1.165, 1.54) is 11.1 Å². The monoisotopic (exact) mass is 235 g/mol. The van der Waals surface area contributed by atoms with E-state index >= 15 is 0 Å². The van der Waals surface area contributed by atoms with Crippen LogP contribution in [0.5, 0.6) is 0 Å². The van der Waals surface area contributed by atoms with Gasteiger partial charge in [0.1, 0.15) is 0 Å². The zero-order valence-electron chi connectivity index (χ0n) is 11.7. The number of hydrogen-bond donors (Lipinski definition) is 2. The highest BCUT2D eigenvalue weighted by atomic mass is 16.3. The third-order valence-electron chi connectivity index (χ3n) is 3.21. The zero-order valence-corrected chi connectivity index (χ0v) is 11.7. The first-order valence-electron chi connectivity index (χ1n) is 6.34. The van der Waals surface area contributed by atoms with Crippen LogP contribution in [-0.4, -0.2) is 18.2 Å². The first-order valence-corrected chi connectivity index (χ1v) is 6.34. The Bertz CT molecular complexity index is 369. The molecule has 0 fully saturated rings. The molecule has 0 saturated carbocycles. The lowest BCUT2D eigenvalue weighted by Gasteiger charge is -2.27. The molecule has 0 heterocycles. The Morgan fingerprint density at radius 3 is 2.53 bits per heavy atom. The van der Waals surface area contributed by atoms with Gasteiger partial charge in [0.05, 0.1) is 5.60 Å². The van der Waals surface area contributed by atoms with Gasteiger partial charge in [-0.2, -0.15) is 0 Å². The first kappa shape index (κ1) is 14.2. The van der Waals surface area contributed by atoms with E-state index in [2.05, 4.69) is 39.1 Å². The molecule has 0 saturated heterocycles. The molecule has 2 nitrogen and oxygen atoms in total. The molecule has 1 atom stereocenters. The first-order chi connectivity index (χ1) is 7.84. The van der Waals surface area contributed by atoms with Gasteiger partial charge in [-0.25, -0.2) is 0 Å². The summed E-state index contributed by atoms with van der Waals surface area (Å²) in [5, 5.41) is 13.9. The zero-order chi connectivity index (χ0) is 13.1. The molecule has 0 aliphatic heterocycles. The van der Waals surface area contributed by atoms with Crippen LogP contribution in [0.3, 0.4) is 0 Å². The number of aliphatic hydroxyl groups is 1. The molecule has 1 aromatic rings. The van der Waals surface area contributed by atoms with E-state index in [0.717, 1.165) is 12.1 Å². The van der Waals surface area contributed by atoms with E-state index in [-0.39, 0.29) is 0 Å². The summed E-state index contributed by atoms with van der Waals surface area (Å²) in [6, 6.07) is 6.10. The van der Waals surface area contributed by atoms with Crippen molar-refractivity contribution in [3.05, 3.63) is 34.9 Å². The second-order valence-corrected chi connectivity index (χ2v) is 5.55. The van der Waals surface area contributed by atoms with Crippen LogP contribution in [0.1, 0.15) is 37.5 Å². The SMILES string of the molecule is Cc1cccc(C(C)(O)CNCC(C)C)c1C. The molecule has 0 aliphatic carbocycles. The molecule has 0 aliphatic rings. The summed E-state index contributed by atoms with van der Waals surface area (Å²) >= 11 is 0. The molecule has 1 aromatic carbocycles. The number of nitrogens with one attached hydrogen (secondary N) is 1. The molecule has 1 unspecified atom stereocenters. The maximum Gasteiger partial charge on any atom is 0.0994 e. The van der Waals surface area contributed by atoms with Crippen molar-refractivity contribution in [2.45, 2.75) is 40.2 Å². The molecule has 1 rings (SSSR count). The molecule has 0 radical (unpaired) electrons. The van der Waals surface area contributed by atoms with Crippen LogP contribution in [0, 0.1) is 19.8 Å². The standard InChI is InChI=1S/C15H25NO/c1-11(2)9-16-10-15(5,17)14-8-6-7-12(3)13(14)4/h6-8,11,16-17H,9-10H2,1-5H3. The highest BCUT2D eigenvalue weighted by Gasteiger charge is 2.24. The van der Waals surface area contributed by atoms with Crippen LogP contribution in [0.15, 0.2) is 18.2 Å². The van der Waals surface area contributed by atoms with Gasteiger partial charge >= 0.3 is 0 Å². The Hall–Kier alpha value is -0.860. The summed E-state index contributed by atoms with van der Waals surface area (Å²) in [6.45, 7) is 11.9. The van der Waals surface area contributed by atoms with Gasteiger partial charge in [0.25, 0.3) is 0 Å². The Morgan fingerprint density at radius 1 is 1.29 bits per heavy atom. The number of rotatable bonds is 5. The number of benzene rings is 1. The maximum atomic E-state index is 10.5. The highest BCUT2D eigenvalue weighted by Crippen LogP contribution is 2.25. The van der Waals surface area contributed by atoms with Crippen molar-refractivity contribution in [3.8, 4) is 0 Å². The van der Waals surface area contributed by atoms with Gasteiger partial charge in [0, 0.05) is 6.54 Å². The fourth-order valence-electron chi connectivity index (χ4n) is 2.03. The van der Waals surface area contributed by atoms with Gasteiger partial charge in [0.15, 0.2) is 0 Å². The molecule has 0 bridgehead atoms. The predicted octanol–water partition coefficient (Wildman–Crippen LogP) is 2.76. The smallest absolute Gasteiger partial charge is 0.0994 e. The van der Waals surface area contributed by atoms with Gasteiger partial charge in [-0.3, -0.25) is 0 Å². The van der Waals surface area contributed by atoms with E-state index in [0.29, 0.717) is 12.5 Å². The highest BCUT2D eigenvalue weighted by molar-refractivity contribution is 5.37. The molecule has 2 N–H and O–H groups in total. The molecule has 0 spiro atoms. The second-order valence-electron chi connectivity index (χ2n) is 5.55. The van der Waals surface area contributed by atoms with Crippen molar-refractivity contribution >= 4 is 0 Å². The van der Waals surface area contributed by atoms with Crippen molar-refractivity contribution in [3.63, 3.8) is 0 Å². The molecular formula is C15H25NO. The van der Waals surface area contributed by atoms with Crippen LogP contribution in [-0.2, 0) is 5.60 Å². The Labute approximate surface area is 105 Å². The fourth-order valence-corrected chi connectivity index (χ4v) is 2.03. The van der Waals surface area contributed by atoms with Crippen molar-refractivity contribution in [2.24, 2.45) is 5.92 Å². The minimum absolute atomic E-state index is 0.593. The summed E-state index contributed by atoms with van der Waals surface area (Å²) < 4.78 is 0. The van der Waals surface area contributed by atoms with Gasteiger partial charge < -0.3 is 10.4 Å². The predicted molar refractivity (Wildman–Crippen MR) is 73.2 cm³/mol. The summed E-state index contributed by atoms with van der Waals surface area (Å²) in [7, 11) is 0. The molecule has 0 amide bonds. The van der Waals surface area contributed by atoms with E-state index in [1.807, 2.05) is 19.1 Å². The van der Waals surface area contributed by atoms with E-state index in [4.69, 9.17) is 0 Å². The Balaban J connectivity index is 2.78. The molecular weight excluding hydrogens is 210 g/mol. The summed E-state index contributed by atoms with van der Waals surface area (Å²) in [5.41, 5.74) is 2.63. The largest absolute Gasteiger partial charge is 0.384 e. The van der Waals surface area contributed by atoms with Crippen LogP contribution < -0.4 is 5.32 Å². The molecule has 0 aromatic heterocycles. The topological polar surface area (TPSA) is 32.3 Å². The second kappa shape index (κ2) is 5.65. The van der Waals surface area contributed by atoms with E-state index in [9.17, 15) is 5.11 Å². The van der Waals surface area contributed by atoms with Gasteiger partial charge in [-0.15, -0.1) is 0 Å². The lowest BCUT2D eigenvalue weighted by molar-refractivity contribution is 0.0557. The third-order valence-corrected chi connectivity index (χ3v) is 3.21. The quantitative estimate of drug-likeness (QED) is 0.822. The van der Waals surface area contributed by atoms with Gasteiger partial charge in [-0.05, 0) is 49.9 Å². The minimum Gasteiger partial charge on any atom is -0.384 e. The van der Waals surface area contributed by atoms with Gasteiger partial charge in [0.2, 0.25) is 0 Å². The molecule has 2 heteroatoms. The lowest BCUT2D eigenvalue weighted by atomic mass is 9.89. The van der Waals surface area contributed by atoms with Crippen molar-refractivity contribution in [1.29, 1.82) is 0 Å². The average Bonchev–Trinajstić information content (AvgIpc) is 2.21. The fraction of sp³-hybridized carbons (Fsp3) is 0.600. The molecule has 96 valence electrons. The van der Waals surface area contributed by atoms with Crippen molar-refractivity contribution < 1.29 is 5.11 Å². The third kappa shape index (κ3) is 3.83. The molecule has 17 heavy (non-hydrogen) atoms. The Kier molecular flexibility index (Phi) is 4.72. The van der Waals surface area contributed by atoms with Crippen LogP contribution in [0.2, 0.25) is 0 Å². The lowest BCUT2D eigenvalue weighted by Crippen LogP contribution is -2.37. The summed E-state index contributed by atoms with van der Waals surface area (Å²) in [4.78, 5) is 0. The van der Waals surface area contributed by atoms with Crippen LogP contribution in [0.25, 0.3) is 0 Å². The van der Waals surface area contributed by atoms with E-state index < -0.39 is 5.60 Å². The Morgan fingerprint density at radius 2 is 1.94 bits per heavy atom.